The second-order valence-electron chi connectivity index (χ2n) is 3.96. The van der Waals surface area contributed by atoms with Gasteiger partial charge in [-0.05, 0) is 19.9 Å². The summed E-state index contributed by atoms with van der Waals surface area (Å²) >= 11 is 0. The Morgan fingerprint density at radius 1 is 1.36 bits per heavy atom. The van der Waals surface area contributed by atoms with E-state index in [4.69, 9.17) is 5.11 Å². The van der Waals surface area contributed by atoms with Gasteiger partial charge in [-0.2, -0.15) is 0 Å². The molecule has 0 aliphatic rings. The molecule has 0 aliphatic heterocycles. The van der Waals surface area contributed by atoms with Crippen LogP contribution in [0.4, 0.5) is 0 Å². The number of nitrogens with zero attached hydrogens (tertiary/aromatic N) is 1. The van der Waals surface area contributed by atoms with E-state index in [2.05, 4.69) is 25.7 Å². The van der Waals surface area contributed by atoms with Gasteiger partial charge in [-0.25, -0.2) is 0 Å². The van der Waals surface area contributed by atoms with E-state index in [0.717, 1.165) is 19.4 Å². The Hall–Kier alpha value is -0.570. The summed E-state index contributed by atoms with van der Waals surface area (Å²) in [6, 6.07) is 0.492. The summed E-state index contributed by atoms with van der Waals surface area (Å²) in [6.45, 7) is 9.77. The van der Waals surface area contributed by atoms with Gasteiger partial charge in [0.2, 0.25) is 0 Å². The molecule has 0 heterocycles. The minimum absolute atomic E-state index is 0.269. The lowest BCUT2D eigenvalue weighted by molar-refractivity contribution is -0.141. The van der Waals surface area contributed by atoms with Crippen molar-refractivity contribution in [3.05, 3.63) is 0 Å². The van der Waals surface area contributed by atoms with Crippen LogP contribution >= 0.6 is 0 Å². The van der Waals surface area contributed by atoms with Crippen molar-refractivity contribution < 1.29 is 9.90 Å². The van der Waals surface area contributed by atoms with Gasteiger partial charge in [-0.3, -0.25) is 4.79 Å². The van der Waals surface area contributed by atoms with Crippen molar-refractivity contribution in [2.45, 2.75) is 46.6 Å². The van der Waals surface area contributed by atoms with E-state index in [1.807, 2.05) is 0 Å². The summed E-state index contributed by atoms with van der Waals surface area (Å²) in [7, 11) is 0. The first kappa shape index (κ1) is 13.4. The van der Waals surface area contributed by atoms with E-state index in [-0.39, 0.29) is 5.92 Å². The highest BCUT2D eigenvalue weighted by Gasteiger charge is 2.18. The molecule has 2 atom stereocenters. The number of hydrogen-bond donors (Lipinski definition) is 1. The van der Waals surface area contributed by atoms with Gasteiger partial charge in [0.1, 0.15) is 0 Å². The molecule has 1 N–H and O–H groups in total. The summed E-state index contributed by atoms with van der Waals surface area (Å²) in [5, 5.41) is 8.81. The SMILES string of the molecule is CCCC(C)N(CC)CC(C)C(=O)O. The van der Waals surface area contributed by atoms with Crippen LogP contribution in [0.3, 0.4) is 0 Å². The summed E-state index contributed by atoms with van der Waals surface area (Å²) in [4.78, 5) is 12.9. The lowest BCUT2D eigenvalue weighted by atomic mass is 10.1. The average Bonchev–Trinajstić information content (AvgIpc) is 2.13. The highest BCUT2D eigenvalue weighted by molar-refractivity contribution is 5.69. The van der Waals surface area contributed by atoms with Crippen LogP contribution < -0.4 is 0 Å². The van der Waals surface area contributed by atoms with Crippen LogP contribution in [0, 0.1) is 5.92 Å². The fraction of sp³-hybridized carbons (Fsp3) is 0.909. The van der Waals surface area contributed by atoms with E-state index in [0.29, 0.717) is 12.6 Å². The second kappa shape index (κ2) is 6.82. The number of carbonyl (C=O) groups is 1. The molecular weight excluding hydrogens is 178 g/mol. The lowest BCUT2D eigenvalue weighted by Gasteiger charge is -2.28. The van der Waals surface area contributed by atoms with Gasteiger partial charge < -0.3 is 10.0 Å². The molecule has 3 nitrogen and oxygen atoms in total. The molecule has 0 aromatic heterocycles. The fourth-order valence-corrected chi connectivity index (χ4v) is 1.65. The molecule has 3 heteroatoms. The summed E-state index contributed by atoms with van der Waals surface area (Å²) in [5.74, 6) is -0.971. The molecule has 0 saturated heterocycles. The Morgan fingerprint density at radius 3 is 2.29 bits per heavy atom. The van der Waals surface area contributed by atoms with Gasteiger partial charge in [0.05, 0.1) is 5.92 Å². The molecule has 0 spiro atoms. The van der Waals surface area contributed by atoms with Crippen molar-refractivity contribution in [3.63, 3.8) is 0 Å². The number of hydrogen-bond acceptors (Lipinski definition) is 2. The monoisotopic (exact) mass is 201 g/mol. The quantitative estimate of drug-likeness (QED) is 0.686. The zero-order valence-corrected chi connectivity index (χ0v) is 9.79. The first-order chi connectivity index (χ1) is 6.52. The van der Waals surface area contributed by atoms with Crippen LogP contribution in [0.2, 0.25) is 0 Å². The highest BCUT2D eigenvalue weighted by atomic mass is 16.4. The number of carboxylic acid groups (broad SMARTS) is 1. The smallest absolute Gasteiger partial charge is 0.307 e. The maximum atomic E-state index is 10.7. The minimum atomic E-state index is -0.702. The lowest BCUT2D eigenvalue weighted by Crippen LogP contribution is -2.38. The van der Waals surface area contributed by atoms with Crippen LogP contribution in [-0.4, -0.2) is 35.1 Å². The molecule has 0 aromatic rings. The van der Waals surface area contributed by atoms with Crippen LogP contribution in [0.15, 0.2) is 0 Å². The van der Waals surface area contributed by atoms with E-state index >= 15 is 0 Å². The van der Waals surface area contributed by atoms with Crippen LogP contribution in [0.5, 0.6) is 0 Å². The molecule has 0 radical (unpaired) electrons. The van der Waals surface area contributed by atoms with Gasteiger partial charge in [0.15, 0.2) is 0 Å². The van der Waals surface area contributed by atoms with Gasteiger partial charge in [0.25, 0.3) is 0 Å². The van der Waals surface area contributed by atoms with Crippen LogP contribution in [0.25, 0.3) is 0 Å². The van der Waals surface area contributed by atoms with Crippen molar-refractivity contribution in [1.82, 2.24) is 4.90 Å². The molecule has 84 valence electrons. The molecular formula is C11H23NO2. The first-order valence-corrected chi connectivity index (χ1v) is 5.49. The Labute approximate surface area is 87.1 Å². The predicted molar refractivity (Wildman–Crippen MR) is 58.4 cm³/mol. The normalized spacial score (nSPS) is 15.5. The molecule has 0 saturated carbocycles. The topological polar surface area (TPSA) is 40.5 Å². The van der Waals surface area contributed by atoms with Gasteiger partial charge in [-0.15, -0.1) is 0 Å². The standard InChI is InChI=1S/C11H23NO2/c1-5-7-10(4)12(6-2)8-9(3)11(13)14/h9-10H,5-8H2,1-4H3,(H,13,14). The third-order valence-corrected chi connectivity index (χ3v) is 2.67. The maximum Gasteiger partial charge on any atom is 0.307 e. The molecule has 0 amide bonds. The van der Waals surface area contributed by atoms with Crippen molar-refractivity contribution in [2.24, 2.45) is 5.92 Å². The van der Waals surface area contributed by atoms with E-state index in [9.17, 15) is 4.79 Å². The van der Waals surface area contributed by atoms with E-state index in [1.54, 1.807) is 6.92 Å². The minimum Gasteiger partial charge on any atom is -0.481 e. The summed E-state index contributed by atoms with van der Waals surface area (Å²) in [5.41, 5.74) is 0. The van der Waals surface area contributed by atoms with Gasteiger partial charge >= 0.3 is 5.97 Å². The van der Waals surface area contributed by atoms with Crippen molar-refractivity contribution in [3.8, 4) is 0 Å². The Balaban J connectivity index is 4.07. The first-order valence-electron chi connectivity index (χ1n) is 5.49. The molecule has 0 aromatic carbocycles. The van der Waals surface area contributed by atoms with Crippen molar-refractivity contribution in [1.29, 1.82) is 0 Å². The van der Waals surface area contributed by atoms with Gasteiger partial charge in [-0.1, -0.05) is 27.2 Å². The van der Waals surface area contributed by atoms with E-state index < -0.39 is 5.97 Å². The third-order valence-electron chi connectivity index (χ3n) is 2.67. The fourth-order valence-electron chi connectivity index (χ4n) is 1.65. The zero-order chi connectivity index (χ0) is 11.1. The number of rotatable bonds is 7. The highest BCUT2D eigenvalue weighted by Crippen LogP contribution is 2.09. The molecule has 2 unspecified atom stereocenters. The summed E-state index contributed by atoms with van der Waals surface area (Å²) < 4.78 is 0. The van der Waals surface area contributed by atoms with Crippen molar-refractivity contribution in [2.75, 3.05) is 13.1 Å². The molecule has 0 fully saturated rings. The Kier molecular flexibility index (Phi) is 6.54. The third kappa shape index (κ3) is 4.61. The maximum absolute atomic E-state index is 10.7. The zero-order valence-electron chi connectivity index (χ0n) is 9.79. The number of aliphatic carboxylic acids is 1. The van der Waals surface area contributed by atoms with Crippen molar-refractivity contribution >= 4 is 5.97 Å². The second-order valence-corrected chi connectivity index (χ2v) is 3.96. The number of carboxylic acids is 1. The van der Waals surface area contributed by atoms with Crippen LogP contribution in [0.1, 0.15) is 40.5 Å². The molecule has 0 rings (SSSR count). The Bertz CT molecular complexity index is 171. The largest absolute Gasteiger partial charge is 0.481 e. The predicted octanol–water partition coefficient (Wildman–Crippen LogP) is 2.22. The molecule has 0 aliphatic carbocycles. The average molecular weight is 201 g/mol. The molecule has 0 bridgehead atoms. The van der Waals surface area contributed by atoms with Gasteiger partial charge in [0, 0.05) is 12.6 Å². The van der Waals surface area contributed by atoms with E-state index in [1.165, 1.54) is 0 Å². The van der Waals surface area contributed by atoms with Crippen LogP contribution in [-0.2, 0) is 4.79 Å². The Morgan fingerprint density at radius 2 is 1.93 bits per heavy atom. The molecule has 14 heavy (non-hydrogen) atoms. The summed E-state index contributed by atoms with van der Waals surface area (Å²) in [6.07, 6.45) is 2.29.